The molecule has 0 aliphatic heterocycles. The lowest BCUT2D eigenvalue weighted by atomic mass is 9.84. The minimum atomic E-state index is 1.14. The van der Waals surface area contributed by atoms with Crippen LogP contribution in [-0.4, -0.2) is 0 Å². The molecule has 0 fully saturated rings. The Balaban J connectivity index is 0.00000117. The number of hydrogen-bond acceptors (Lipinski definition) is 0. The molecule has 0 heteroatoms. The first-order valence-electron chi connectivity index (χ1n) is 17.0. The highest BCUT2D eigenvalue weighted by Crippen LogP contribution is 2.45. The highest BCUT2D eigenvalue weighted by Gasteiger charge is 2.18. The van der Waals surface area contributed by atoms with E-state index in [1.54, 1.807) is 0 Å². The number of hydrogen-bond donors (Lipinski definition) is 0. The van der Waals surface area contributed by atoms with Crippen LogP contribution in [0.5, 0.6) is 0 Å². The molecule has 48 heavy (non-hydrogen) atoms. The Hall–Kier alpha value is -5.72. The molecule has 0 amide bonds. The van der Waals surface area contributed by atoms with Gasteiger partial charge < -0.3 is 0 Å². The van der Waals surface area contributed by atoms with E-state index in [4.69, 9.17) is 0 Å². The fourth-order valence-electron chi connectivity index (χ4n) is 7.12. The fraction of sp³-hybridized carbons (Fsp3) is 0.0833. The summed E-state index contributed by atoms with van der Waals surface area (Å²) in [5.74, 6) is 0. The lowest BCUT2D eigenvalue weighted by Crippen LogP contribution is -1.92. The fourth-order valence-corrected chi connectivity index (χ4v) is 7.12. The summed E-state index contributed by atoms with van der Waals surface area (Å²) < 4.78 is 0. The van der Waals surface area contributed by atoms with Crippen molar-refractivity contribution in [1.29, 1.82) is 0 Å². The Morgan fingerprint density at radius 2 is 0.979 bits per heavy atom. The van der Waals surface area contributed by atoms with E-state index in [1.807, 2.05) is 6.08 Å². The van der Waals surface area contributed by atoms with Gasteiger partial charge >= 0.3 is 0 Å². The molecule has 0 radical (unpaired) electrons. The molecule has 0 unspecified atom stereocenters. The average Bonchev–Trinajstić information content (AvgIpc) is 3.14. The number of benzene rings is 8. The van der Waals surface area contributed by atoms with Crippen LogP contribution in [0.3, 0.4) is 0 Å². The van der Waals surface area contributed by atoms with Crippen molar-refractivity contribution in [2.45, 2.75) is 27.2 Å². The molecule has 0 saturated heterocycles. The van der Waals surface area contributed by atoms with E-state index in [0.29, 0.717) is 0 Å². The van der Waals surface area contributed by atoms with Crippen LogP contribution in [0.25, 0.3) is 82.0 Å². The Morgan fingerprint density at radius 1 is 0.479 bits per heavy atom. The summed E-state index contributed by atoms with van der Waals surface area (Å²) in [4.78, 5) is 0. The molecule has 0 spiro atoms. The maximum Gasteiger partial charge on any atom is -0.00261 e. The third-order valence-electron chi connectivity index (χ3n) is 9.18. The predicted molar refractivity (Wildman–Crippen MR) is 213 cm³/mol. The Labute approximate surface area is 284 Å². The molecule has 0 aliphatic carbocycles. The van der Waals surface area contributed by atoms with E-state index in [1.165, 1.54) is 88.5 Å². The van der Waals surface area contributed by atoms with Crippen molar-refractivity contribution in [3.63, 3.8) is 0 Å². The summed E-state index contributed by atoms with van der Waals surface area (Å²) in [5, 5.41) is 10.1. The van der Waals surface area contributed by atoms with Crippen LogP contribution in [0, 0.1) is 0 Å². The molecular formula is C48H40. The van der Waals surface area contributed by atoms with E-state index < -0.39 is 0 Å². The molecule has 0 heterocycles. The maximum atomic E-state index is 4.05. The monoisotopic (exact) mass is 616 g/mol. The van der Waals surface area contributed by atoms with Gasteiger partial charge in [-0.15, -0.1) is 0 Å². The van der Waals surface area contributed by atoms with Crippen LogP contribution in [0.15, 0.2) is 170 Å². The van der Waals surface area contributed by atoms with Crippen molar-refractivity contribution in [2.24, 2.45) is 0 Å². The van der Waals surface area contributed by atoms with Gasteiger partial charge in [-0.25, -0.2) is 0 Å². The van der Waals surface area contributed by atoms with Crippen LogP contribution in [0.4, 0.5) is 0 Å². The van der Waals surface area contributed by atoms with Crippen LogP contribution < -0.4 is 0 Å². The maximum absolute atomic E-state index is 4.05. The van der Waals surface area contributed by atoms with Gasteiger partial charge in [0, 0.05) is 0 Å². The molecule has 0 aliphatic rings. The van der Waals surface area contributed by atoms with Crippen molar-refractivity contribution >= 4 is 48.7 Å². The first-order valence-corrected chi connectivity index (χ1v) is 17.0. The molecule has 0 N–H and O–H groups in total. The number of fused-ring (bicyclic) bond motifs is 5. The second-order valence-corrected chi connectivity index (χ2v) is 12.3. The van der Waals surface area contributed by atoms with Crippen LogP contribution in [0.1, 0.15) is 32.8 Å². The van der Waals surface area contributed by atoms with Gasteiger partial charge in [0.2, 0.25) is 0 Å². The second kappa shape index (κ2) is 13.6. The van der Waals surface area contributed by atoms with E-state index in [9.17, 15) is 0 Å². The molecule has 232 valence electrons. The van der Waals surface area contributed by atoms with Crippen LogP contribution in [0.2, 0.25) is 0 Å². The zero-order chi connectivity index (χ0) is 33.0. The van der Waals surface area contributed by atoms with Crippen molar-refractivity contribution < 1.29 is 0 Å². The van der Waals surface area contributed by atoms with Gasteiger partial charge in [-0.3, -0.25) is 0 Å². The van der Waals surface area contributed by atoms with Crippen molar-refractivity contribution in [1.82, 2.24) is 0 Å². The molecule has 0 bridgehead atoms. The van der Waals surface area contributed by atoms with Gasteiger partial charge in [0.05, 0.1) is 0 Å². The highest BCUT2D eigenvalue weighted by molar-refractivity contribution is 6.23. The standard InChI is InChI=1S/C45H32.C3H8/c1-3-30(4-2)32-17-14-18-34(27-32)44-38-21-10-12-23-40(38)45(41-24-13-11-22-39(41)44)35-26-25-33-28-42(31-15-6-5-7-16-31)36-19-8-9-20-37(36)43(33)29-35;1-3-2/h3-29H,1H2,2H3;3H2,1-2H3/b30-4+;. The topological polar surface area (TPSA) is 0 Å². The second-order valence-electron chi connectivity index (χ2n) is 12.3. The molecule has 0 saturated carbocycles. The van der Waals surface area contributed by atoms with Gasteiger partial charge in [-0.2, -0.15) is 0 Å². The Morgan fingerprint density at radius 3 is 1.54 bits per heavy atom. The minimum absolute atomic E-state index is 1.14. The molecular weight excluding hydrogens is 577 g/mol. The van der Waals surface area contributed by atoms with Gasteiger partial charge in [0.25, 0.3) is 0 Å². The third-order valence-corrected chi connectivity index (χ3v) is 9.18. The Kier molecular flexibility index (Phi) is 8.73. The largest absolute Gasteiger partial charge is 0.0985 e. The van der Waals surface area contributed by atoms with Gasteiger partial charge in [-0.05, 0) is 113 Å². The van der Waals surface area contributed by atoms with Crippen LogP contribution >= 0.6 is 0 Å². The Bertz CT molecular complexity index is 2400. The van der Waals surface area contributed by atoms with Crippen molar-refractivity contribution in [3.05, 3.63) is 176 Å². The molecule has 8 aromatic carbocycles. The third kappa shape index (κ3) is 5.50. The summed E-state index contributed by atoms with van der Waals surface area (Å²) in [7, 11) is 0. The summed E-state index contributed by atoms with van der Waals surface area (Å²) in [6, 6.07) is 55.6. The SMILES string of the molecule is C=C/C(=C\C)c1cccc(-c2c3ccccc3c(-c3ccc4cc(-c5ccccc5)c5ccccc5c4c3)c3ccccc23)c1.CCC. The quantitative estimate of drug-likeness (QED) is 0.103. The molecule has 8 rings (SSSR count). The first kappa shape index (κ1) is 30.9. The molecule has 8 aromatic rings. The van der Waals surface area contributed by atoms with E-state index in [2.05, 4.69) is 185 Å². The van der Waals surface area contributed by atoms with Crippen molar-refractivity contribution in [2.75, 3.05) is 0 Å². The normalized spacial score (nSPS) is 11.5. The van der Waals surface area contributed by atoms with Crippen LogP contribution in [-0.2, 0) is 0 Å². The lowest BCUT2D eigenvalue weighted by molar-refractivity contribution is 1.09. The first-order chi connectivity index (χ1) is 23.7. The molecule has 0 atom stereocenters. The minimum Gasteiger partial charge on any atom is -0.0985 e. The number of allylic oxidation sites excluding steroid dienone is 3. The smallest absolute Gasteiger partial charge is 0.00261 e. The summed E-state index contributed by atoms with van der Waals surface area (Å²) in [5.41, 5.74) is 9.82. The molecule has 0 nitrogen and oxygen atoms in total. The van der Waals surface area contributed by atoms with E-state index >= 15 is 0 Å². The zero-order valence-electron chi connectivity index (χ0n) is 28.0. The molecule has 0 aromatic heterocycles. The van der Waals surface area contributed by atoms with Crippen molar-refractivity contribution in [3.8, 4) is 33.4 Å². The number of rotatable bonds is 5. The summed E-state index contributed by atoms with van der Waals surface area (Å²) in [6.07, 6.45) is 5.31. The summed E-state index contributed by atoms with van der Waals surface area (Å²) in [6.45, 7) is 10.4. The van der Waals surface area contributed by atoms with Gasteiger partial charge in [0.15, 0.2) is 0 Å². The average molecular weight is 617 g/mol. The van der Waals surface area contributed by atoms with E-state index in [-0.39, 0.29) is 0 Å². The predicted octanol–water partition coefficient (Wildman–Crippen LogP) is 14.3. The zero-order valence-corrected chi connectivity index (χ0v) is 28.0. The highest BCUT2D eigenvalue weighted by atomic mass is 14.2. The van der Waals surface area contributed by atoms with Gasteiger partial charge in [-0.1, -0.05) is 172 Å². The van der Waals surface area contributed by atoms with Gasteiger partial charge in [0.1, 0.15) is 0 Å². The van der Waals surface area contributed by atoms with E-state index in [0.717, 1.165) is 5.57 Å². The summed E-state index contributed by atoms with van der Waals surface area (Å²) >= 11 is 0. The lowest BCUT2D eigenvalue weighted by Gasteiger charge is -2.19.